The third-order valence-corrected chi connectivity index (χ3v) is 8.95. The van der Waals surface area contributed by atoms with Crippen LogP contribution in [0.3, 0.4) is 0 Å². The summed E-state index contributed by atoms with van der Waals surface area (Å²) in [7, 11) is -5.71. The fraction of sp³-hybridized carbons (Fsp3) is 0.0769. The van der Waals surface area contributed by atoms with Crippen molar-refractivity contribution in [3.05, 3.63) is 129 Å². The summed E-state index contributed by atoms with van der Waals surface area (Å²) < 4.78 is 34.1. The van der Waals surface area contributed by atoms with E-state index in [2.05, 4.69) is 0 Å². The summed E-state index contributed by atoms with van der Waals surface area (Å²) in [6.07, 6.45) is 4.02. The second-order valence-corrected chi connectivity index (χ2v) is 12.2. The SMILES string of the molecule is C[S+](c1ccccc1)c1ccccc1[N+](=O)[O-].C[S+](c1ccccc1)c1ccccc1[N+](=O)[O-].O=S(=O)([O-])[O-]. The lowest BCUT2D eigenvalue weighted by atomic mass is 10.3. The minimum absolute atomic E-state index is 0.196. The smallest absolute Gasteiger partial charge is 0.324 e. The Kier molecular flexibility index (Phi) is 12.1. The summed E-state index contributed by atoms with van der Waals surface area (Å²) in [5.74, 6) is 0. The second kappa shape index (κ2) is 15.0. The molecule has 10 nitrogen and oxygen atoms in total. The molecule has 0 bridgehead atoms. The molecular formula is C26H24N2O8S3. The molecule has 4 aromatic carbocycles. The molecule has 13 heteroatoms. The van der Waals surface area contributed by atoms with Gasteiger partial charge in [-0.3, -0.25) is 28.6 Å². The average molecular weight is 589 g/mol. The van der Waals surface area contributed by atoms with Crippen LogP contribution in [0.2, 0.25) is 0 Å². The van der Waals surface area contributed by atoms with E-state index in [0.717, 1.165) is 19.6 Å². The molecular weight excluding hydrogens is 564 g/mol. The zero-order chi connectivity index (χ0) is 29.0. The standard InChI is InChI=1S/2C13H12NO2S.H2O4S/c2*1-17(11-7-3-2-4-8-11)13-10-6-5-9-12(13)14(15)16;1-5(2,3)4/h2*2-10H,1H3;(H2,1,2,3,4)/q2*+1;/p-2. The van der Waals surface area contributed by atoms with E-state index in [9.17, 15) is 20.2 Å². The number of hydrogen-bond donors (Lipinski definition) is 0. The van der Waals surface area contributed by atoms with Gasteiger partial charge in [-0.1, -0.05) is 60.7 Å². The molecule has 0 saturated carbocycles. The Labute approximate surface area is 231 Å². The van der Waals surface area contributed by atoms with Crippen LogP contribution in [0.1, 0.15) is 0 Å². The zero-order valence-electron chi connectivity index (χ0n) is 20.8. The molecule has 39 heavy (non-hydrogen) atoms. The molecule has 4 aromatic rings. The van der Waals surface area contributed by atoms with Crippen LogP contribution < -0.4 is 0 Å². The zero-order valence-corrected chi connectivity index (χ0v) is 23.2. The average Bonchev–Trinajstić information content (AvgIpc) is 2.92. The Morgan fingerprint density at radius 1 is 0.538 bits per heavy atom. The van der Waals surface area contributed by atoms with E-state index in [1.54, 1.807) is 24.3 Å². The lowest BCUT2D eigenvalue weighted by Crippen LogP contribution is -2.04. The molecule has 0 N–H and O–H groups in total. The van der Waals surface area contributed by atoms with E-state index < -0.39 is 10.4 Å². The van der Waals surface area contributed by atoms with E-state index in [1.807, 2.05) is 97.4 Å². The molecule has 0 heterocycles. The van der Waals surface area contributed by atoms with Crippen molar-refractivity contribution >= 4 is 43.6 Å². The third-order valence-electron chi connectivity index (χ3n) is 4.98. The first-order chi connectivity index (χ1) is 18.4. The van der Waals surface area contributed by atoms with Gasteiger partial charge in [-0.05, 0) is 24.3 Å². The van der Waals surface area contributed by atoms with Crippen molar-refractivity contribution in [3.8, 4) is 0 Å². The summed E-state index contributed by atoms with van der Waals surface area (Å²) in [5, 5.41) is 21.9. The van der Waals surface area contributed by atoms with Crippen LogP contribution in [-0.4, -0.2) is 39.9 Å². The van der Waals surface area contributed by atoms with Crippen molar-refractivity contribution in [2.24, 2.45) is 0 Å². The minimum atomic E-state index is -5.17. The van der Waals surface area contributed by atoms with Gasteiger partial charge in [0.25, 0.3) is 0 Å². The van der Waals surface area contributed by atoms with E-state index in [4.69, 9.17) is 17.5 Å². The number of nitro groups is 2. The van der Waals surface area contributed by atoms with Crippen molar-refractivity contribution in [2.75, 3.05) is 12.5 Å². The number of rotatable bonds is 6. The Hall–Kier alpha value is -3.75. The Morgan fingerprint density at radius 2 is 0.795 bits per heavy atom. The quantitative estimate of drug-likeness (QED) is 0.0976. The van der Waals surface area contributed by atoms with Crippen LogP contribution in [0.5, 0.6) is 0 Å². The van der Waals surface area contributed by atoms with Gasteiger partial charge >= 0.3 is 11.4 Å². The summed E-state index contributed by atoms with van der Waals surface area (Å²) in [6, 6.07) is 33.5. The first kappa shape index (κ1) is 31.5. The highest BCUT2D eigenvalue weighted by Gasteiger charge is 2.29. The monoisotopic (exact) mass is 588 g/mol. The molecule has 0 amide bonds. The summed E-state index contributed by atoms with van der Waals surface area (Å²) >= 11 is 0. The molecule has 0 aliphatic carbocycles. The molecule has 4 rings (SSSR count). The fourth-order valence-electron chi connectivity index (χ4n) is 3.24. The predicted molar refractivity (Wildman–Crippen MR) is 149 cm³/mol. The maximum Gasteiger partial charge on any atom is 0.324 e. The molecule has 0 aliphatic rings. The topological polar surface area (TPSA) is 167 Å². The highest BCUT2D eigenvalue weighted by atomic mass is 32.3. The Bertz CT molecular complexity index is 1380. The number of nitrogens with zero attached hydrogens (tertiary/aromatic N) is 2. The number of hydrogen-bond acceptors (Lipinski definition) is 8. The molecule has 2 unspecified atom stereocenters. The highest BCUT2D eigenvalue weighted by molar-refractivity contribution is 7.96. The second-order valence-electron chi connectivity index (χ2n) is 7.50. The first-order valence-corrected chi connectivity index (χ1v) is 15.6. The minimum Gasteiger partial charge on any atom is -0.759 e. The van der Waals surface area contributed by atoms with Crippen molar-refractivity contribution in [1.29, 1.82) is 0 Å². The number of para-hydroxylation sites is 2. The van der Waals surface area contributed by atoms with Gasteiger partial charge in [0.1, 0.15) is 12.5 Å². The summed E-state index contributed by atoms with van der Waals surface area (Å²) in [5.41, 5.74) is 0.393. The number of benzene rings is 4. The van der Waals surface area contributed by atoms with Crippen LogP contribution in [0.25, 0.3) is 0 Å². The van der Waals surface area contributed by atoms with Gasteiger partial charge < -0.3 is 9.11 Å². The molecule has 2 atom stereocenters. The van der Waals surface area contributed by atoms with Gasteiger partial charge in [-0.2, -0.15) is 0 Å². The van der Waals surface area contributed by atoms with Gasteiger partial charge in [0, 0.05) is 34.7 Å². The van der Waals surface area contributed by atoms with Crippen molar-refractivity contribution < 1.29 is 27.4 Å². The maximum absolute atomic E-state index is 11.0. The van der Waals surface area contributed by atoms with Crippen molar-refractivity contribution in [2.45, 2.75) is 19.6 Å². The van der Waals surface area contributed by atoms with Crippen molar-refractivity contribution in [1.82, 2.24) is 0 Å². The summed E-state index contributed by atoms with van der Waals surface area (Å²) in [4.78, 5) is 25.1. The van der Waals surface area contributed by atoms with Crippen molar-refractivity contribution in [3.63, 3.8) is 0 Å². The molecule has 204 valence electrons. The number of nitro benzene ring substituents is 2. The molecule has 0 aromatic heterocycles. The molecule has 0 aliphatic heterocycles. The van der Waals surface area contributed by atoms with E-state index in [0.29, 0.717) is 0 Å². The largest absolute Gasteiger partial charge is 0.759 e. The molecule has 0 saturated heterocycles. The third kappa shape index (κ3) is 10.5. The maximum atomic E-state index is 11.0. The lowest BCUT2D eigenvalue weighted by Gasteiger charge is -2.06. The van der Waals surface area contributed by atoms with Crippen LogP contribution in [0.15, 0.2) is 129 Å². The van der Waals surface area contributed by atoms with Gasteiger partial charge in [-0.25, -0.2) is 0 Å². The van der Waals surface area contributed by atoms with E-state index >= 15 is 0 Å². The summed E-state index contributed by atoms with van der Waals surface area (Å²) in [6.45, 7) is 0. The predicted octanol–water partition coefficient (Wildman–Crippen LogP) is 5.18. The van der Waals surface area contributed by atoms with Gasteiger partial charge in [0.2, 0.25) is 9.79 Å². The fourth-order valence-corrected chi connectivity index (χ4v) is 6.35. The van der Waals surface area contributed by atoms with Gasteiger partial charge in [0.05, 0.1) is 31.6 Å². The van der Waals surface area contributed by atoms with Gasteiger partial charge in [-0.15, -0.1) is 0 Å². The molecule has 0 spiro atoms. The molecule has 0 radical (unpaired) electrons. The van der Waals surface area contributed by atoms with E-state index in [-0.39, 0.29) is 43.0 Å². The normalized spacial score (nSPS) is 12.0. The van der Waals surface area contributed by atoms with Crippen LogP contribution in [0, 0.1) is 20.2 Å². The Morgan fingerprint density at radius 3 is 1.08 bits per heavy atom. The lowest BCUT2D eigenvalue weighted by molar-refractivity contribution is -0.387. The first-order valence-electron chi connectivity index (χ1n) is 11.0. The van der Waals surface area contributed by atoms with Gasteiger partial charge in [0.15, 0.2) is 9.79 Å². The highest BCUT2D eigenvalue weighted by Crippen LogP contribution is 2.30. The van der Waals surface area contributed by atoms with Crippen LogP contribution >= 0.6 is 0 Å². The van der Waals surface area contributed by atoms with E-state index in [1.165, 1.54) is 0 Å². The molecule has 0 fully saturated rings. The van der Waals surface area contributed by atoms with Crippen LogP contribution in [-0.2, 0) is 32.2 Å². The van der Waals surface area contributed by atoms with Crippen LogP contribution in [0.4, 0.5) is 11.4 Å². The Balaban J connectivity index is 0.000000234.